The van der Waals surface area contributed by atoms with Gasteiger partial charge in [0.25, 0.3) is 0 Å². The van der Waals surface area contributed by atoms with Gasteiger partial charge in [0.05, 0.1) is 11.9 Å². The number of benzene rings is 2. The predicted molar refractivity (Wildman–Crippen MR) is 89.5 cm³/mol. The van der Waals surface area contributed by atoms with E-state index in [1.54, 1.807) is 24.3 Å². The molecule has 0 spiro atoms. The van der Waals surface area contributed by atoms with Gasteiger partial charge in [0.2, 0.25) is 0 Å². The average Bonchev–Trinajstić information content (AvgIpc) is 2.57. The minimum absolute atomic E-state index is 0. The molecule has 0 aliphatic carbocycles. The Kier molecular flexibility index (Phi) is 11.8. The van der Waals surface area contributed by atoms with Crippen molar-refractivity contribution in [2.45, 2.75) is 39.5 Å². The number of carboxylic acid groups (broad SMARTS) is 2. The van der Waals surface area contributed by atoms with Crippen LogP contribution in [0.5, 0.6) is 0 Å². The van der Waals surface area contributed by atoms with Crippen LogP contribution in [-0.2, 0) is 40.1 Å². The van der Waals surface area contributed by atoms with Gasteiger partial charge in [-0.2, -0.15) is 0 Å². The predicted octanol–water partition coefficient (Wildman–Crippen LogP) is 2.00. The van der Waals surface area contributed by atoms with Crippen LogP contribution >= 0.6 is 0 Å². The molecule has 0 N–H and O–H groups in total. The molecular formula is C20H22CdO4. The van der Waals surface area contributed by atoms with Gasteiger partial charge in [0.15, 0.2) is 0 Å². The maximum absolute atomic E-state index is 10.6. The first-order valence-electron chi connectivity index (χ1n) is 8.09. The molecule has 0 fully saturated rings. The first-order chi connectivity index (χ1) is 11.5. The van der Waals surface area contributed by atoms with Crippen LogP contribution in [-0.4, -0.2) is 11.9 Å². The van der Waals surface area contributed by atoms with E-state index < -0.39 is 11.9 Å². The number of carbonyl (C=O) groups is 2. The zero-order chi connectivity index (χ0) is 17.9. The van der Waals surface area contributed by atoms with Crippen LogP contribution in [0.25, 0.3) is 0 Å². The van der Waals surface area contributed by atoms with Crippen molar-refractivity contribution >= 4 is 11.9 Å². The third-order valence-electron chi connectivity index (χ3n) is 3.51. The molecular weight excluding hydrogens is 417 g/mol. The number of aromatic carboxylic acids is 2. The summed E-state index contributed by atoms with van der Waals surface area (Å²) < 4.78 is 0. The topological polar surface area (TPSA) is 80.3 Å². The van der Waals surface area contributed by atoms with E-state index in [2.05, 4.69) is 0 Å². The fraction of sp³-hybridized carbons (Fsp3) is 0.300. The van der Waals surface area contributed by atoms with E-state index >= 15 is 0 Å². The maximum atomic E-state index is 10.6. The smallest absolute Gasteiger partial charge is 0.545 e. The summed E-state index contributed by atoms with van der Waals surface area (Å²) in [5, 5.41) is 21.2. The molecule has 5 heteroatoms. The van der Waals surface area contributed by atoms with Crippen molar-refractivity contribution in [1.82, 2.24) is 0 Å². The molecule has 2 rings (SSSR count). The second kappa shape index (κ2) is 12.6. The van der Waals surface area contributed by atoms with E-state index in [4.69, 9.17) is 0 Å². The van der Waals surface area contributed by atoms with Crippen LogP contribution in [0.2, 0.25) is 0 Å². The summed E-state index contributed by atoms with van der Waals surface area (Å²) in [5.41, 5.74) is 2.36. The Morgan fingerprint density at radius 1 is 0.720 bits per heavy atom. The molecule has 0 aliphatic rings. The zero-order valence-electron chi connectivity index (χ0n) is 14.8. The first kappa shape index (κ1) is 23.3. The fourth-order valence-corrected chi connectivity index (χ4v) is 2.41. The molecule has 0 aromatic heterocycles. The molecule has 0 unspecified atom stereocenters. The molecule has 4 nitrogen and oxygen atoms in total. The van der Waals surface area contributed by atoms with Gasteiger partial charge in [0, 0.05) is 11.1 Å². The maximum Gasteiger partial charge on any atom is 2.00 e. The van der Waals surface area contributed by atoms with Gasteiger partial charge in [-0.15, -0.1) is 0 Å². The van der Waals surface area contributed by atoms with Crippen molar-refractivity contribution < 1.29 is 47.1 Å². The van der Waals surface area contributed by atoms with Gasteiger partial charge in [-0.05, 0) is 24.0 Å². The number of rotatable bonds is 6. The van der Waals surface area contributed by atoms with E-state index in [0.717, 1.165) is 36.8 Å². The fourth-order valence-electron chi connectivity index (χ4n) is 2.41. The largest absolute Gasteiger partial charge is 2.00 e. The summed E-state index contributed by atoms with van der Waals surface area (Å²) in [6.45, 7) is 4.04. The van der Waals surface area contributed by atoms with Crippen LogP contribution in [0.3, 0.4) is 0 Å². The minimum Gasteiger partial charge on any atom is -0.545 e. The summed E-state index contributed by atoms with van der Waals surface area (Å²) >= 11 is 0. The second-order valence-corrected chi connectivity index (χ2v) is 5.39. The number of aryl methyl sites for hydroxylation is 2. The van der Waals surface area contributed by atoms with Gasteiger partial charge in [-0.3, -0.25) is 0 Å². The van der Waals surface area contributed by atoms with Crippen LogP contribution in [0, 0.1) is 0 Å². The van der Waals surface area contributed by atoms with Gasteiger partial charge in [-0.25, -0.2) is 0 Å². The summed E-state index contributed by atoms with van der Waals surface area (Å²) in [4.78, 5) is 21.2. The Bertz CT molecular complexity index is 623. The molecule has 0 radical (unpaired) electrons. The van der Waals surface area contributed by atoms with Crippen molar-refractivity contribution in [3.63, 3.8) is 0 Å². The van der Waals surface area contributed by atoms with Gasteiger partial charge < -0.3 is 19.8 Å². The van der Waals surface area contributed by atoms with Crippen molar-refractivity contribution in [3.8, 4) is 0 Å². The molecule has 0 atom stereocenters. The van der Waals surface area contributed by atoms with Gasteiger partial charge >= 0.3 is 27.3 Å². The zero-order valence-corrected chi connectivity index (χ0v) is 18.8. The molecule has 2 aromatic carbocycles. The molecule has 0 heterocycles. The van der Waals surface area contributed by atoms with Crippen LogP contribution in [0.15, 0.2) is 48.5 Å². The Morgan fingerprint density at radius 2 is 1.04 bits per heavy atom. The SMILES string of the molecule is CCCc1ccccc1C(=O)[O-].CCCc1ccccc1C(=O)[O-].[Cd+2]. The number of hydrogen-bond acceptors (Lipinski definition) is 4. The molecule has 2 aromatic rings. The van der Waals surface area contributed by atoms with E-state index in [1.807, 2.05) is 38.1 Å². The molecule has 0 aliphatic heterocycles. The Balaban J connectivity index is 0.000000443. The second-order valence-electron chi connectivity index (χ2n) is 5.39. The van der Waals surface area contributed by atoms with Crippen LogP contribution in [0.4, 0.5) is 0 Å². The number of hydrogen-bond donors (Lipinski definition) is 0. The molecule has 128 valence electrons. The molecule has 0 saturated heterocycles. The normalized spacial score (nSPS) is 9.36. The Labute approximate surface area is 169 Å². The van der Waals surface area contributed by atoms with Crippen molar-refractivity contribution in [3.05, 3.63) is 70.8 Å². The Hall–Kier alpha value is -1.70. The van der Waals surface area contributed by atoms with Gasteiger partial charge in [-0.1, -0.05) is 75.2 Å². The minimum atomic E-state index is -1.08. The Morgan fingerprint density at radius 3 is 1.32 bits per heavy atom. The molecule has 0 saturated carbocycles. The molecule has 0 bridgehead atoms. The average molecular weight is 439 g/mol. The van der Waals surface area contributed by atoms with E-state index in [0.29, 0.717) is 11.1 Å². The van der Waals surface area contributed by atoms with Crippen LogP contribution < -0.4 is 10.2 Å². The monoisotopic (exact) mass is 440 g/mol. The molecule has 0 amide bonds. The first-order valence-corrected chi connectivity index (χ1v) is 8.09. The third kappa shape index (κ3) is 7.81. The van der Waals surface area contributed by atoms with Crippen molar-refractivity contribution in [1.29, 1.82) is 0 Å². The third-order valence-corrected chi connectivity index (χ3v) is 3.51. The van der Waals surface area contributed by atoms with E-state index in [1.165, 1.54) is 0 Å². The summed E-state index contributed by atoms with van der Waals surface area (Å²) in [5.74, 6) is -2.17. The van der Waals surface area contributed by atoms with Crippen LogP contribution in [0.1, 0.15) is 58.5 Å². The number of carbonyl (C=O) groups excluding carboxylic acids is 2. The quantitative estimate of drug-likeness (QED) is 0.646. The number of carboxylic acids is 2. The van der Waals surface area contributed by atoms with Crippen molar-refractivity contribution in [2.75, 3.05) is 0 Å². The summed E-state index contributed by atoms with van der Waals surface area (Å²) in [7, 11) is 0. The standard InChI is InChI=1S/2C10H12O2.Cd/c2*1-2-5-8-6-3-4-7-9(8)10(11)12;/h2*3-4,6-7H,2,5H2,1H3,(H,11,12);/q;;+2/p-2. The summed E-state index contributed by atoms with van der Waals surface area (Å²) in [6.07, 6.45) is 3.49. The van der Waals surface area contributed by atoms with Gasteiger partial charge in [0.1, 0.15) is 0 Å². The van der Waals surface area contributed by atoms with Crippen molar-refractivity contribution in [2.24, 2.45) is 0 Å². The summed E-state index contributed by atoms with van der Waals surface area (Å²) in [6, 6.07) is 13.9. The van der Waals surface area contributed by atoms with E-state index in [9.17, 15) is 19.8 Å². The van der Waals surface area contributed by atoms with E-state index in [-0.39, 0.29) is 27.3 Å². The molecule has 25 heavy (non-hydrogen) atoms.